The van der Waals surface area contributed by atoms with Crippen molar-refractivity contribution in [3.8, 4) is 0 Å². The molecule has 1 saturated heterocycles. The molecule has 2 N–H and O–H groups in total. The third-order valence-corrected chi connectivity index (χ3v) is 5.89. The molecular weight excluding hydrogens is 372 g/mol. The Morgan fingerprint density at radius 2 is 2.14 bits per heavy atom. The molecule has 0 amide bonds. The predicted octanol–water partition coefficient (Wildman–Crippen LogP) is 3.08. The van der Waals surface area contributed by atoms with Crippen LogP contribution in [-0.4, -0.2) is 56.1 Å². The Labute approximate surface area is 171 Å². The van der Waals surface area contributed by atoms with E-state index in [1.165, 1.54) is 19.3 Å². The van der Waals surface area contributed by atoms with Crippen molar-refractivity contribution in [1.82, 2.24) is 20.5 Å². The Balaban J connectivity index is 1.64. The molecule has 0 bridgehead atoms. The molecule has 0 aliphatic carbocycles. The second-order valence-electron chi connectivity index (χ2n) is 7.22. The summed E-state index contributed by atoms with van der Waals surface area (Å²) in [6.45, 7) is 6.47. The van der Waals surface area contributed by atoms with Crippen molar-refractivity contribution in [2.45, 2.75) is 38.8 Å². The highest BCUT2D eigenvalue weighted by Gasteiger charge is 2.24. The van der Waals surface area contributed by atoms with Gasteiger partial charge in [0.1, 0.15) is 5.76 Å². The van der Waals surface area contributed by atoms with Crippen molar-refractivity contribution >= 4 is 22.4 Å². The van der Waals surface area contributed by atoms with Crippen molar-refractivity contribution in [2.75, 3.05) is 45.2 Å². The van der Waals surface area contributed by atoms with Crippen LogP contribution in [0.5, 0.6) is 0 Å². The predicted molar refractivity (Wildman–Crippen MR) is 116 cm³/mol. The van der Waals surface area contributed by atoms with Crippen LogP contribution >= 0.6 is 11.3 Å². The lowest BCUT2D eigenvalue weighted by Crippen LogP contribution is -2.44. The molecule has 0 spiro atoms. The van der Waals surface area contributed by atoms with Crippen LogP contribution in [0.1, 0.15) is 43.7 Å². The van der Waals surface area contributed by atoms with Crippen LogP contribution in [0.15, 0.2) is 33.2 Å². The Morgan fingerprint density at radius 1 is 1.32 bits per heavy atom. The van der Waals surface area contributed by atoms with Gasteiger partial charge in [0.25, 0.3) is 0 Å². The van der Waals surface area contributed by atoms with E-state index in [9.17, 15) is 0 Å². The highest BCUT2D eigenvalue weighted by atomic mass is 32.1. The number of guanidine groups is 1. The molecule has 0 saturated carbocycles. The van der Waals surface area contributed by atoms with E-state index in [0.29, 0.717) is 6.54 Å². The van der Waals surface area contributed by atoms with E-state index >= 15 is 0 Å². The molecule has 1 unspecified atom stereocenters. The lowest BCUT2D eigenvalue weighted by Gasteiger charge is -2.33. The molecule has 0 aromatic carbocycles. The summed E-state index contributed by atoms with van der Waals surface area (Å²) in [7, 11) is 4.01. The lowest BCUT2D eigenvalue weighted by atomic mass is 10.1. The van der Waals surface area contributed by atoms with E-state index < -0.39 is 0 Å². The monoisotopic (exact) mass is 404 g/mol. The summed E-state index contributed by atoms with van der Waals surface area (Å²) >= 11 is 1.64. The summed E-state index contributed by atoms with van der Waals surface area (Å²) < 4.78 is 5.74. The van der Waals surface area contributed by atoms with Crippen LogP contribution in [0.4, 0.5) is 5.13 Å². The second kappa shape index (κ2) is 10.5. The number of nitrogens with one attached hydrogen (secondary N) is 2. The SMILES string of the molecule is CCNC(=NCc1csc(N(C)C)n1)NCC(c1ccco1)N1CCCCC1. The molecule has 1 aliphatic rings. The first-order chi connectivity index (χ1) is 13.7. The van der Waals surface area contributed by atoms with Gasteiger partial charge in [-0.05, 0) is 45.0 Å². The number of aromatic nitrogens is 1. The third kappa shape index (κ3) is 5.72. The van der Waals surface area contributed by atoms with Gasteiger partial charge in [-0.2, -0.15) is 0 Å². The molecule has 3 rings (SSSR count). The normalized spacial score (nSPS) is 16.8. The maximum absolute atomic E-state index is 5.74. The van der Waals surface area contributed by atoms with E-state index in [4.69, 9.17) is 9.41 Å². The first kappa shape index (κ1) is 20.7. The number of nitrogens with zero attached hydrogens (tertiary/aromatic N) is 4. The van der Waals surface area contributed by atoms with Crippen LogP contribution in [-0.2, 0) is 6.54 Å². The van der Waals surface area contributed by atoms with Gasteiger partial charge in [-0.3, -0.25) is 4.90 Å². The first-order valence-electron chi connectivity index (χ1n) is 10.1. The number of piperidine rings is 1. The van der Waals surface area contributed by atoms with Gasteiger partial charge in [-0.25, -0.2) is 9.98 Å². The summed E-state index contributed by atoms with van der Waals surface area (Å²) in [6.07, 6.45) is 5.59. The maximum atomic E-state index is 5.74. The molecule has 1 fully saturated rings. The van der Waals surface area contributed by atoms with E-state index in [2.05, 4.69) is 38.9 Å². The number of thiazole rings is 1. The van der Waals surface area contributed by atoms with E-state index in [1.54, 1.807) is 17.6 Å². The Kier molecular flexibility index (Phi) is 7.73. The van der Waals surface area contributed by atoms with Gasteiger partial charge < -0.3 is 20.0 Å². The van der Waals surface area contributed by atoms with Crippen LogP contribution in [0, 0.1) is 0 Å². The Bertz CT molecular complexity index is 721. The Morgan fingerprint density at radius 3 is 2.79 bits per heavy atom. The molecule has 28 heavy (non-hydrogen) atoms. The minimum Gasteiger partial charge on any atom is -0.468 e. The zero-order chi connectivity index (χ0) is 19.8. The van der Waals surface area contributed by atoms with E-state index in [0.717, 1.165) is 48.7 Å². The third-order valence-electron chi connectivity index (χ3n) is 4.83. The number of furan rings is 1. The second-order valence-corrected chi connectivity index (χ2v) is 8.06. The molecule has 8 heteroatoms. The quantitative estimate of drug-likeness (QED) is 0.521. The van der Waals surface area contributed by atoms with Gasteiger partial charge in [0.2, 0.25) is 0 Å². The number of rotatable bonds is 8. The highest BCUT2D eigenvalue weighted by molar-refractivity contribution is 7.13. The number of anilines is 1. The van der Waals surface area contributed by atoms with Gasteiger partial charge in [0.15, 0.2) is 11.1 Å². The van der Waals surface area contributed by atoms with E-state index in [-0.39, 0.29) is 6.04 Å². The average molecular weight is 405 g/mol. The molecule has 7 nitrogen and oxygen atoms in total. The van der Waals surface area contributed by atoms with Crippen LogP contribution in [0.2, 0.25) is 0 Å². The van der Waals surface area contributed by atoms with Gasteiger partial charge in [0.05, 0.1) is 24.5 Å². The smallest absolute Gasteiger partial charge is 0.191 e. The Hall–Kier alpha value is -2.06. The fraction of sp³-hybridized carbons (Fsp3) is 0.600. The van der Waals surface area contributed by atoms with Gasteiger partial charge in [-0.15, -0.1) is 11.3 Å². The number of likely N-dealkylation sites (tertiary alicyclic amines) is 1. The fourth-order valence-electron chi connectivity index (χ4n) is 3.39. The topological polar surface area (TPSA) is 68.9 Å². The van der Waals surface area contributed by atoms with Crippen LogP contribution in [0.3, 0.4) is 0 Å². The largest absolute Gasteiger partial charge is 0.468 e. The van der Waals surface area contributed by atoms with Gasteiger partial charge in [0, 0.05) is 32.6 Å². The van der Waals surface area contributed by atoms with Gasteiger partial charge >= 0.3 is 0 Å². The van der Waals surface area contributed by atoms with E-state index in [1.807, 2.05) is 25.1 Å². The molecular formula is C20H32N6OS. The van der Waals surface area contributed by atoms with Crippen LogP contribution < -0.4 is 15.5 Å². The summed E-state index contributed by atoms with van der Waals surface area (Å²) in [6, 6.07) is 4.26. The van der Waals surface area contributed by atoms with Crippen molar-refractivity contribution < 1.29 is 4.42 Å². The summed E-state index contributed by atoms with van der Waals surface area (Å²) in [5.41, 5.74) is 0.990. The van der Waals surface area contributed by atoms with Gasteiger partial charge in [-0.1, -0.05) is 6.42 Å². The maximum Gasteiger partial charge on any atom is 0.191 e. The summed E-state index contributed by atoms with van der Waals surface area (Å²) in [4.78, 5) is 13.9. The van der Waals surface area contributed by atoms with Crippen molar-refractivity contribution in [2.24, 2.45) is 4.99 Å². The number of aliphatic imine (C=N–C) groups is 1. The lowest BCUT2D eigenvalue weighted by molar-refractivity contribution is 0.146. The first-order valence-corrected chi connectivity index (χ1v) is 11.0. The van der Waals surface area contributed by atoms with Crippen molar-refractivity contribution in [3.63, 3.8) is 0 Å². The minimum atomic E-state index is 0.221. The van der Waals surface area contributed by atoms with Crippen LogP contribution in [0.25, 0.3) is 0 Å². The zero-order valence-corrected chi connectivity index (χ0v) is 18.0. The fourth-order valence-corrected chi connectivity index (χ4v) is 4.14. The molecule has 2 aromatic heterocycles. The molecule has 2 aromatic rings. The minimum absolute atomic E-state index is 0.221. The number of hydrogen-bond donors (Lipinski definition) is 2. The average Bonchev–Trinajstić information content (AvgIpc) is 3.39. The zero-order valence-electron chi connectivity index (χ0n) is 17.1. The molecule has 0 radical (unpaired) electrons. The number of hydrogen-bond acceptors (Lipinski definition) is 6. The van der Waals surface area contributed by atoms with Crippen molar-refractivity contribution in [3.05, 3.63) is 35.2 Å². The molecule has 3 heterocycles. The summed E-state index contributed by atoms with van der Waals surface area (Å²) in [5, 5.41) is 9.93. The highest BCUT2D eigenvalue weighted by Crippen LogP contribution is 2.24. The molecule has 154 valence electrons. The molecule has 1 atom stereocenters. The molecule has 1 aliphatic heterocycles. The van der Waals surface area contributed by atoms with Crippen molar-refractivity contribution in [1.29, 1.82) is 0 Å². The summed E-state index contributed by atoms with van der Waals surface area (Å²) in [5.74, 6) is 1.83. The standard InChI is InChI=1S/C20H32N6OS/c1-4-21-19(22-13-16-15-28-20(24-16)25(2)3)23-14-17(18-9-8-12-27-18)26-10-6-5-7-11-26/h8-9,12,15,17H,4-7,10-11,13-14H2,1-3H3,(H2,21,22,23).